The van der Waals surface area contributed by atoms with Gasteiger partial charge in [-0.3, -0.25) is 4.21 Å². The van der Waals surface area contributed by atoms with E-state index in [2.05, 4.69) is 19.2 Å². The Bertz CT molecular complexity index is 227. The monoisotopic (exact) mass is 201 g/mol. The smallest absolute Gasteiger partial charge is 0.0502 e. The summed E-state index contributed by atoms with van der Waals surface area (Å²) in [6.07, 6.45) is 4.97. The van der Waals surface area contributed by atoms with E-state index in [0.717, 1.165) is 5.75 Å². The highest BCUT2D eigenvalue weighted by atomic mass is 32.2. The summed E-state index contributed by atoms with van der Waals surface area (Å²) in [6, 6.07) is 0.526. The van der Waals surface area contributed by atoms with Crippen LogP contribution in [0.1, 0.15) is 39.5 Å². The van der Waals surface area contributed by atoms with Crippen LogP contribution in [0.4, 0.5) is 0 Å². The van der Waals surface area contributed by atoms with Gasteiger partial charge in [0.1, 0.15) is 0 Å². The molecule has 0 aromatic carbocycles. The van der Waals surface area contributed by atoms with E-state index in [4.69, 9.17) is 0 Å². The number of rotatable bonds is 0. The van der Waals surface area contributed by atoms with Crippen molar-refractivity contribution in [3.8, 4) is 0 Å². The zero-order valence-electron chi connectivity index (χ0n) is 8.51. The molecule has 76 valence electrons. The second kappa shape index (κ2) is 3.35. The van der Waals surface area contributed by atoms with Crippen molar-refractivity contribution >= 4 is 10.8 Å². The van der Waals surface area contributed by atoms with Gasteiger partial charge in [-0.15, -0.1) is 0 Å². The van der Waals surface area contributed by atoms with Gasteiger partial charge in [-0.2, -0.15) is 0 Å². The topological polar surface area (TPSA) is 29.1 Å². The second-order valence-corrected chi connectivity index (χ2v) is 6.64. The normalized spacial score (nSPS) is 44.0. The fraction of sp³-hybridized carbons (Fsp3) is 1.00. The van der Waals surface area contributed by atoms with Gasteiger partial charge in [-0.05, 0) is 26.7 Å². The lowest BCUT2D eigenvalue weighted by Crippen LogP contribution is -2.61. The predicted octanol–water partition coefficient (Wildman–Crippen LogP) is 1.43. The summed E-state index contributed by atoms with van der Waals surface area (Å²) in [4.78, 5) is 0. The zero-order chi connectivity index (χ0) is 9.47. The van der Waals surface area contributed by atoms with Crippen molar-refractivity contribution in [3.05, 3.63) is 0 Å². The summed E-state index contributed by atoms with van der Waals surface area (Å²) >= 11 is 0. The maximum Gasteiger partial charge on any atom is 0.0502 e. The Labute approximate surface area is 82.9 Å². The molecule has 1 heterocycles. The Kier molecular flexibility index (Phi) is 2.49. The molecule has 2 aliphatic rings. The summed E-state index contributed by atoms with van der Waals surface area (Å²) in [5, 5.41) is 4.08. The van der Waals surface area contributed by atoms with E-state index in [9.17, 15) is 4.21 Å². The van der Waals surface area contributed by atoms with Gasteiger partial charge in [0.05, 0.1) is 5.25 Å². The molecular formula is C10H19NOS. The highest BCUT2D eigenvalue weighted by molar-refractivity contribution is 7.85. The first kappa shape index (κ1) is 9.66. The molecule has 1 saturated heterocycles. The van der Waals surface area contributed by atoms with Crippen LogP contribution < -0.4 is 5.32 Å². The van der Waals surface area contributed by atoms with Gasteiger partial charge in [-0.1, -0.05) is 12.8 Å². The molecule has 0 spiro atoms. The molecule has 2 fully saturated rings. The third-order valence-corrected chi connectivity index (χ3v) is 5.37. The van der Waals surface area contributed by atoms with Crippen LogP contribution in [-0.4, -0.2) is 26.8 Å². The van der Waals surface area contributed by atoms with Crippen LogP contribution in [0.2, 0.25) is 0 Å². The van der Waals surface area contributed by atoms with Crippen LogP contribution in [0.15, 0.2) is 0 Å². The van der Waals surface area contributed by atoms with E-state index in [1.54, 1.807) is 0 Å². The van der Waals surface area contributed by atoms with Crippen LogP contribution in [0.5, 0.6) is 0 Å². The van der Waals surface area contributed by atoms with Gasteiger partial charge in [0, 0.05) is 28.1 Å². The van der Waals surface area contributed by atoms with E-state index in [-0.39, 0.29) is 5.54 Å². The molecule has 0 bridgehead atoms. The average molecular weight is 201 g/mol. The van der Waals surface area contributed by atoms with Crippen LogP contribution in [-0.2, 0) is 10.8 Å². The molecule has 0 amide bonds. The van der Waals surface area contributed by atoms with Gasteiger partial charge in [0.2, 0.25) is 0 Å². The first-order chi connectivity index (χ1) is 6.08. The third kappa shape index (κ3) is 1.96. The van der Waals surface area contributed by atoms with Crippen LogP contribution in [0, 0.1) is 0 Å². The summed E-state index contributed by atoms with van der Waals surface area (Å²) in [7, 11) is -0.589. The molecule has 0 radical (unpaired) electrons. The van der Waals surface area contributed by atoms with Gasteiger partial charge in [0.15, 0.2) is 0 Å². The Morgan fingerprint density at radius 2 is 2.00 bits per heavy atom. The molecule has 0 aromatic rings. The molecule has 3 unspecified atom stereocenters. The Balaban J connectivity index is 2.12. The summed E-state index contributed by atoms with van der Waals surface area (Å²) < 4.78 is 11.9. The fourth-order valence-electron chi connectivity index (χ4n) is 2.58. The van der Waals surface area contributed by atoms with Crippen molar-refractivity contribution in [1.29, 1.82) is 0 Å². The maximum absolute atomic E-state index is 11.9. The second-order valence-electron chi connectivity index (χ2n) is 4.98. The van der Waals surface area contributed by atoms with E-state index in [1.165, 1.54) is 25.7 Å². The highest BCUT2D eigenvalue weighted by Gasteiger charge is 2.39. The lowest BCUT2D eigenvalue weighted by Gasteiger charge is -2.43. The van der Waals surface area contributed by atoms with Crippen molar-refractivity contribution in [3.63, 3.8) is 0 Å². The van der Waals surface area contributed by atoms with Crippen molar-refractivity contribution in [1.82, 2.24) is 5.32 Å². The number of hydrogen-bond acceptors (Lipinski definition) is 2. The van der Waals surface area contributed by atoms with Crippen molar-refractivity contribution in [2.24, 2.45) is 0 Å². The Morgan fingerprint density at radius 3 is 2.77 bits per heavy atom. The first-order valence-corrected chi connectivity index (χ1v) is 6.62. The van der Waals surface area contributed by atoms with Crippen LogP contribution >= 0.6 is 0 Å². The number of hydrogen-bond donors (Lipinski definition) is 1. The molecule has 0 aromatic heterocycles. The molecule has 1 saturated carbocycles. The molecule has 13 heavy (non-hydrogen) atoms. The quantitative estimate of drug-likeness (QED) is 0.642. The molecule has 3 atom stereocenters. The highest BCUT2D eigenvalue weighted by Crippen LogP contribution is 2.29. The number of fused-ring (bicyclic) bond motifs is 1. The fourth-order valence-corrected chi connectivity index (χ4v) is 4.59. The lowest BCUT2D eigenvalue weighted by molar-refractivity contribution is 0.285. The minimum Gasteiger partial charge on any atom is -0.307 e. The molecule has 3 heteroatoms. The van der Waals surface area contributed by atoms with E-state index >= 15 is 0 Å². The van der Waals surface area contributed by atoms with E-state index < -0.39 is 10.8 Å². The minimum atomic E-state index is -0.589. The molecular weight excluding hydrogens is 182 g/mol. The van der Waals surface area contributed by atoms with Gasteiger partial charge in [-0.25, -0.2) is 0 Å². The molecule has 2 rings (SSSR count). The number of nitrogens with one attached hydrogen (secondary N) is 1. The minimum absolute atomic E-state index is 0.0867. The van der Waals surface area contributed by atoms with Crippen molar-refractivity contribution in [2.45, 2.75) is 56.4 Å². The summed E-state index contributed by atoms with van der Waals surface area (Å²) in [5.41, 5.74) is 0.0867. The lowest BCUT2D eigenvalue weighted by atomic mass is 9.92. The zero-order valence-corrected chi connectivity index (χ0v) is 9.32. The van der Waals surface area contributed by atoms with E-state index in [1.807, 2.05) is 0 Å². The van der Waals surface area contributed by atoms with Gasteiger partial charge < -0.3 is 5.32 Å². The van der Waals surface area contributed by atoms with Gasteiger partial charge >= 0.3 is 0 Å². The first-order valence-electron chi connectivity index (χ1n) is 5.23. The van der Waals surface area contributed by atoms with Gasteiger partial charge in [0.25, 0.3) is 0 Å². The van der Waals surface area contributed by atoms with Crippen molar-refractivity contribution in [2.75, 3.05) is 5.75 Å². The summed E-state index contributed by atoms with van der Waals surface area (Å²) in [5.74, 6) is 0.828. The largest absolute Gasteiger partial charge is 0.307 e. The van der Waals surface area contributed by atoms with Crippen molar-refractivity contribution < 1.29 is 4.21 Å². The Hall–Kier alpha value is 0.110. The Morgan fingerprint density at radius 1 is 1.31 bits per heavy atom. The molecule has 1 aliphatic heterocycles. The van der Waals surface area contributed by atoms with Crippen LogP contribution in [0.3, 0.4) is 0 Å². The standard InChI is InChI=1S/C10H19NOS/c1-10(2)7-13(12)9-6-4-3-5-8(9)11-10/h8-9,11H,3-7H2,1-2H3. The average Bonchev–Trinajstić information content (AvgIpc) is 2.02. The molecule has 1 aliphatic carbocycles. The predicted molar refractivity (Wildman–Crippen MR) is 56.3 cm³/mol. The van der Waals surface area contributed by atoms with E-state index in [0.29, 0.717) is 11.3 Å². The summed E-state index contributed by atoms with van der Waals surface area (Å²) in [6.45, 7) is 4.32. The third-order valence-electron chi connectivity index (χ3n) is 3.12. The molecule has 2 nitrogen and oxygen atoms in total. The van der Waals surface area contributed by atoms with Crippen LogP contribution in [0.25, 0.3) is 0 Å². The maximum atomic E-state index is 11.9. The molecule has 1 N–H and O–H groups in total. The SMILES string of the molecule is CC1(C)CS(=O)C2CCCCC2N1.